The number of hydrogen-bond donors (Lipinski definition) is 1. The van der Waals surface area contributed by atoms with Crippen molar-refractivity contribution in [1.82, 2.24) is 34.7 Å². The monoisotopic (exact) mass is 485 g/mol. The average molecular weight is 486 g/mol. The van der Waals surface area contributed by atoms with E-state index < -0.39 is 11.9 Å². The number of carbonyl (C=O) groups is 1. The van der Waals surface area contributed by atoms with E-state index in [2.05, 4.69) is 36.5 Å². The van der Waals surface area contributed by atoms with Crippen LogP contribution in [-0.4, -0.2) is 41.8 Å². The smallest absolute Gasteiger partial charge is 0.351 e. The highest BCUT2D eigenvalue weighted by atomic mass is 79.9. The van der Waals surface area contributed by atoms with Crippen LogP contribution in [0.4, 0.5) is 13.2 Å². The molecule has 1 fully saturated rings. The molecule has 1 aliphatic carbocycles. The molecule has 12 heteroatoms. The van der Waals surface area contributed by atoms with Crippen molar-refractivity contribution in [3.8, 4) is 0 Å². The third kappa shape index (κ3) is 4.91. The largest absolute Gasteiger partial charge is 0.435 e. The number of nitrogens with one attached hydrogen (secondary N) is 1. The van der Waals surface area contributed by atoms with Crippen LogP contribution in [-0.2, 0) is 19.4 Å². The zero-order valence-electron chi connectivity index (χ0n) is 15.8. The number of aryl methyl sites for hydroxylation is 1. The molecule has 1 saturated carbocycles. The first-order chi connectivity index (χ1) is 14.3. The van der Waals surface area contributed by atoms with Crippen molar-refractivity contribution in [2.45, 2.75) is 44.6 Å². The third-order valence-electron chi connectivity index (χ3n) is 4.69. The Bertz CT molecular complexity index is 1030. The predicted octanol–water partition coefficient (Wildman–Crippen LogP) is 3.26. The summed E-state index contributed by atoms with van der Waals surface area (Å²) in [5, 5.41) is 14.8. The number of rotatable bonds is 8. The van der Waals surface area contributed by atoms with Crippen molar-refractivity contribution in [3.05, 3.63) is 52.3 Å². The van der Waals surface area contributed by atoms with Crippen LogP contribution in [0.25, 0.3) is 0 Å². The van der Waals surface area contributed by atoms with Crippen molar-refractivity contribution in [2.24, 2.45) is 0 Å². The van der Waals surface area contributed by atoms with Gasteiger partial charge in [-0.3, -0.25) is 14.2 Å². The van der Waals surface area contributed by atoms with E-state index in [0.717, 1.165) is 23.4 Å². The quantitative estimate of drug-likeness (QED) is 0.496. The van der Waals surface area contributed by atoms with Crippen molar-refractivity contribution in [3.63, 3.8) is 0 Å². The molecule has 0 bridgehead atoms. The number of amides is 1. The molecule has 30 heavy (non-hydrogen) atoms. The van der Waals surface area contributed by atoms with Gasteiger partial charge in [0.1, 0.15) is 12.4 Å². The summed E-state index contributed by atoms with van der Waals surface area (Å²) in [6.07, 6.45) is 2.91. The van der Waals surface area contributed by atoms with Crippen LogP contribution in [0.2, 0.25) is 0 Å². The molecule has 160 valence electrons. The lowest BCUT2D eigenvalue weighted by Gasteiger charge is -2.07. The van der Waals surface area contributed by atoms with Crippen molar-refractivity contribution >= 4 is 21.8 Å². The normalized spacial score (nSPS) is 14.3. The van der Waals surface area contributed by atoms with Gasteiger partial charge in [0.25, 0.3) is 5.91 Å². The van der Waals surface area contributed by atoms with Crippen molar-refractivity contribution in [1.29, 1.82) is 0 Å². The molecular formula is C18H19BrF3N7O. The minimum absolute atomic E-state index is 0.155. The summed E-state index contributed by atoms with van der Waals surface area (Å²) < 4.78 is 44.3. The van der Waals surface area contributed by atoms with Crippen LogP contribution in [0.15, 0.2) is 35.2 Å². The zero-order chi connectivity index (χ0) is 21.3. The van der Waals surface area contributed by atoms with E-state index in [1.807, 2.05) is 0 Å². The molecule has 1 aliphatic rings. The van der Waals surface area contributed by atoms with E-state index >= 15 is 0 Å². The average Bonchev–Trinajstić information content (AvgIpc) is 3.07. The molecule has 3 aromatic heterocycles. The van der Waals surface area contributed by atoms with Gasteiger partial charge >= 0.3 is 6.18 Å². The van der Waals surface area contributed by atoms with Gasteiger partial charge in [0.05, 0.1) is 10.7 Å². The molecular weight excluding hydrogens is 467 g/mol. The molecule has 0 atom stereocenters. The number of halogens is 4. The summed E-state index contributed by atoms with van der Waals surface area (Å²) in [7, 11) is 0. The van der Waals surface area contributed by atoms with Gasteiger partial charge in [-0.1, -0.05) is 0 Å². The molecule has 0 unspecified atom stereocenters. The summed E-state index contributed by atoms with van der Waals surface area (Å²) in [5.74, 6) is -0.183. The van der Waals surface area contributed by atoms with Crippen LogP contribution in [0.3, 0.4) is 0 Å². The molecule has 0 radical (unpaired) electrons. The molecule has 1 N–H and O–H groups in total. The summed E-state index contributed by atoms with van der Waals surface area (Å²) >= 11 is 3.31. The first kappa shape index (κ1) is 20.6. The number of alkyl halides is 3. The lowest BCUT2D eigenvalue weighted by Crippen LogP contribution is -2.26. The van der Waals surface area contributed by atoms with Gasteiger partial charge in [0.15, 0.2) is 5.69 Å². The Kier molecular flexibility index (Phi) is 5.67. The first-order valence-corrected chi connectivity index (χ1v) is 10.2. The van der Waals surface area contributed by atoms with Gasteiger partial charge in [0.2, 0.25) is 0 Å². The molecule has 1 amide bonds. The lowest BCUT2D eigenvalue weighted by atomic mass is 10.2. The highest BCUT2D eigenvalue weighted by Crippen LogP contribution is 2.42. The number of aromatic nitrogens is 6. The van der Waals surface area contributed by atoms with Crippen LogP contribution in [0.1, 0.15) is 47.1 Å². The highest BCUT2D eigenvalue weighted by molar-refractivity contribution is 9.10. The van der Waals surface area contributed by atoms with Gasteiger partial charge < -0.3 is 5.32 Å². The second-order valence-corrected chi connectivity index (χ2v) is 8.05. The van der Waals surface area contributed by atoms with Crippen LogP contribution < -0.4 is 5.32 Å². The predicted molar refractivity (Wildman–Crippen MR) is 104 cm³/mol. The van der Waals surface area contributed by atoms with E-state index in [9.17, 15) is 18.0 Å². The maximum absolute atomic E-state index is 12.9. The summed E-state index contributed by atoms with van der Waals surface area (Å²) in [4.78, 5) is 12.3. The SMILES string of the molecule is O=C(NCCCn1nc(C(F)(F)F)cc1C1CC1)c1ccn(Cn2cc(Br)cn2)n1. The summed E-state index contributed by atoms with van der Waals surface area (Å²) in [6.45, 7) is 0.984. The van der Waals surface area contributed by atoms with Gasteiger partial charge in [0, 0.05) is 37.1 Å². The molecule has 0 aliphatic heterocycles. The molecule has 3 aromatic rings. The van der Waals surface area contributed by atoms with Gasteiger partial charge in [-0.15, -0.1) is 0 Å². The highest BCUT2D eigenvalue weighted by Gasteiger charge is 2.37. The number of hydrogen-bond acceptors (Lipinski definition) is 4. The van der Waals surface area contributed by atoms with Gasteiger partial charge in [-0.05, 0) is 47.3 Å². The fourth-order valence-electron chi connectivity index (χ4n) is 3.10. The standard InChI is InChI=1S/C18H19BrF3N7O/c19-13-9-24-28(10-13)11-27-7-4-14(25-27)17(30)23-5-1-6-29-15(12-2-3-12)8-16(26-29)18(20,21)22/h4,7-10,12H,1-3,5-6,11H2,(H,23,30). The first-order valence-electron chi connectivity index (χ1n) is 9.44. The van der Waals surface area contributed by atoms with Crippen molar-refractivity contribution in [2.75, 3.05) is 6.54 Å². The summed E-state index contributed by atoms with van der Waals surface area (Å²) in [5.41, 5.74) is 0.0270. The Hall–Kier alpha value is -2.63. The number of nitrogens with zero attached hydrogens (tertiary/aromatic N) is 6. The van der Waals surface area contributed by atoms with Crippen LogP contribution >= 0.6 is 15.9 Å². The van der Waals surface area contributed by atoms with Gasteiger partial charge in [-0.2, -0.15) is 28.5 Å². The zero-order valence-corrected chi connectivity index (χ0v) is 17.4. The van der Waals surface area contributed by atoms with Crippen LogP contribution in [0.5, 0.6) is 0 Å². The van der Waals surface area contributed by atoms with Crippen LogP contribution in [0, 0.1) is 0 Å². The Labute approximate surface area is 178 Å². The Morgan fingerprint density at radius 1 is 1.27 bits per heavy atom. The molecule has 8 nitrogen and oxygen atoms in total. The Balaban J connectivity index is 1.28. The van der Waals surface area contributed by atoms with E-state index in [1.165, 1.54) is 4.68 Å². The molecule has 0 spiro atoms. The second kappa shape index (κ2) is 8.25. The third-order valence-corrected chi connectivity index (χ3v) is 5.10. The van der Waals surface area contributed by atoms with Crippen molar-refractivity contribution < 1.29 is 18.0 Å². The minimum Gasteiger partial charge on any atom is -0.351 e. The fourth-order valence-corrected chi connectivity index (χ4v) is 3.43. The Morgan fingerprint density at radius 3 is 2.73 bits per heavy atom. The molecule has 0 saturated heterocycles. The van der Waals surface area contributed by atoms with E-state index in [1.54, 1.807) is 34.0 Å². The lowest BCUT2D eigenvalue weighted by molar-refractivity contribution is -0.141. The van der Waals surface area contributed by atoms with E-state index in [4.69, 9.17) is 0 Å². The van der Waals surface area contributed by atoms with E-state index in [-0.39, 0.29) is 17.5 Å². The molecule has 0 aromatic carbocycles. The maximum Gasteiger partial charge on any atom is 0.435 e. The fraction of sp³-hybridized carbons (Fsp3) is 0.444. The molecule has 4 rings (SSSR count). The molecule has 3 heterocycles. The summed E-state index contributed by atoms with van der Waals surface area (Å²) in [6, 6.07) is 2.74. The number of carbonyl (C=O) groups excluding carboxylic acids is 1. The second-order valence-electron chi connectivity index (χ2n) is 7.14. The minimum atomic E-state index is -4.45. The van der Waals surface area contributed by atoms with E-state index in [0.29, 0.717) is 31.9 Å². The topological polar surface area (TPSA) is 82.6 Å². The van der Waals surface area contributed by atoms with Gasteiger partial charge in [-0.25, -0.2) is 4.68 Å². The maximum atomic E-state index is 12.9. The Morgan fingerprint density at radius 2 is 2.07 bits per heavy atom.